The highest BCUT2D eigenvalue weighted by Crippen LogP contribution is 2.09. The average molecular weight is 336 g/mol. The van der Waals surface area contributed by atoms with Gasteiger partial charge in [-0.05, 0) is 18.4 Å². The van der Waals surface area contributed by atoms with Crippen molar-refractivity contribution in [3.8, 4) is 0 Å². The van der Waals surface area contributed by atoms with E-state index in [1.165, 1.54) is 7.11 Å². The minimum absolute atomic E-state index is 0.0358. The molecular weight excluding hydrogens is 308 g/mol. The van der Waals surface area contributed by atoms with E-state index in [1.54, 1.807) is 0 Å². The minimum Gasteiger partial charge on any atom is -0.469 e. The molecule has 0 unspecified atom stereocenters. The molecule has 0 spiro atoms. The lowest BCUT2D eigenvalue weighted by Gasteiger charge is -2.23. The fourth-order valence-corrected chi connectivity index (χ4v) is 2.44. The Morgan fingerprint density at radius 1 is 1.29 bits per heavy atom. The average Bonchev–Trinajstić information content (AvgIpc) is 2.59. The molecule has 0 aliphatic carbocycles. The van der Waals surface area contributed by atoms with Crippen molar-refractivity contribution < 1.29 is 19.4 Å². The summed E-state index contributed by atoms with van der Waals surface area (Å²) in [5.74, 6) is -0.968. The van der Waals surface area contributed by atoms with Crippen molar-refractivity contribution >= 4 is 11.9 Å². The number of nitrogens with two attached hydrogens (primary N) is 1. The van der Waals surface area contributed by atoms with Crippen molar-refractivity contribution in [3.63, 3.8) is 0 Å². The molecule has 0 aromatic heterocycles. The summed E-state index contributed by atoms with van der Waals surface area (Å²) in [6.07, 6.45) is 1.59. The molecule has 24 heavy (non-hydrogen) atoms. The van der Waals surface area contributed by atoms with Crippen molar-refractivity contribution in [2.75, 3.05) is 7.11 Å². The number of ether oxygens (including phenoxy) is 1. The van der Waals surface area contributed by atoms with Crippen LogP contribution in [-0.2, 0) is 20.7 Å². The van der Waals surface area contributed by atoms with Crippen LogP contribution in [-0.4, -0.2) is 42.3 Å². The van der Waals surface area contributed by atoms with Crippen LogP contribution in [0.2, 0.25) is 0 Å². The maximum Gasteiger partial charge on any atom is 0.307 e. The Morgan fingerprint density at radius 3 is 2.54 bits per heavy atom. The number of unbranched alkanes of at least 4 members (excludes halogenated alkanes) is 1. The van der Waals surface area contributed by atoms with Crippen LogP contribution in [0.4, 0.5) is 0 Å². The summed E-state index contributed by atoms with van der Waals surface area (Å²) in [6.45, 7) is 2.02. The summed E-state index contributed by atoms with van der Waals surface area (Å²) in [5, 5.41) is 12.8. The predicted molar refractivity (Wildman–Crippen MR) is 92.2 cm³/mol. The number of esters is 1. The number of benzene rings is 1. The van der Waals surface area contributed by atoms with Crippen LogP contribution >= 0.6 is 0 Å². The molecular formula is C18H28N2O4. The predicted octanol–water partition coefficient (Wildman–Crippen LogP) is 1.16. The van der Waals surface area contributed by atoms with Crippen LogP contribution in [0.5, 0.6) is 0 Å². The number of rotatable bonds is 10. The van der Waals surface area contributed by atoms with Crippen molar-refractivity contribution in [2.45, 2.75) is 57.2 Å². The first kappa shape index (κ1) is 20.1. The quantitative estimate of drug-likeness (QED) is 0.557. The molecule has 1 rings (SSSR count). The molecule has 0 radical (unpaired) electrons. The molecule has 0 saturated carbocycles. The Balaban J connectivity index is 2.69. The van der Waals surface area contributed by atoms with Crippen molar-refractivity contribution in [1.29, 1.82) is 0 Å². The number of methoxy groups -OCH3 is 1. The Hall–Kier alpha value is -1.92. The molecule has 1 aromatic carbocycles. The van der Waals surface area contributed by atoms with Crippen LogP contribution in [0.15, 0.2) is 30.3 Å². The lowest BCUT2D eigenvalue weighted by molar-refractivity contribution is -0.141. The van der Waals surface area contributed by atoms with Crippen LogP contribution in [0.25, 0.3) is 0 Å². The molecule has 0 aliphatic heterocycles. The van der Waals surface area contributed by atoms with Gasteiger partial charge in [-0.2, -0.15) is 0 Å². The van der Waals surface area contributed by atoms with E-state index in [9.17, 15) is 14.7 Å². The summed E-state index contributed by atoms with van der Waals surface area (Å²) in [6, 6.07) is 8.44. The van der Waals surface area contributed by atoms with Gasteiger partial charge >= 0.3 is 5.97 Å². The van der Waals surface area contributed by atoms with Gasteiger partial charge in [-0.15, -0.1) is 0 Å². The van der Waals surface area contributed by atoms with Gasteiger partial charge < -0.3 is 20.9 Å². The molecule has 0 saturated heterocycles. The second-order valence-electron chi connectivity index (χ2n) is 5.93. The standard InChI is InChI=1S/C18H28N2O4/c1-3-4-10-15(19)17(22)18(23)20-14(12-16(21)24-2)11-13-8-6-5-7-9-13/h5-9,14-15,17,22H,3-4,10-12,19H2,1-2H3,(H,20,23)/t14-,15-,17-/m0/s1. The lowest BCUT2D eigenvalue weighted by atomic mass is 10.0. The largest absolute Gasteiger partial charge is 0.469 e. The van der Waals surface area contributed by atoms with E-state index in [4.69, 9.17) is 5.73 Å². The molecule has 134 valence electrons. The lowest BCUT2D eigenvalue weighted by Crippen LogP contribution is -2.50. The molecule has 6 heteroatoms. The van der Waals surface area contributed by atoms with E-state index in [0.717, 1.165) is 18.4 Å². The van der Waals surface area contributed by atoms with Crippen LogP contribution in [0.3, 0.4) is 0 Å². The van der Waals surface area contributed by atoms with Crippen LogP contribution in [0.1, 0.15) is 38.2 Å². The number of hydrogen-bond acceptors (Lipinski definition) is 5. The van der Waals surface area contributed by atoms with E-state index in [1.807, 2.05) is 37.3 Å². The number of amides is 1. The highest BCUT2D eigenvalue weighted by atomic mass is 16.5. The van der Waals surface area contributed by atoms with Gasteiger partial charge in [0.15, 0.2) is 0 Å². The fraction of sp³-hybridized carbons (Fsp3) is 0.556. The van der Waals surface area contributed by atoms with Crippen molar-refractivity contribution in [3.05, 3.63) is 35.9 Å². The third kappa shape index (κ3) is 7.10. The molecule has 0 fully saturated rings. The van der Waals surface area contributed by atoms with Crippen LogP contribution in [0, 0.1) is 0 Å². The first-order valence-corrected chi connectivity index (χ1v) is 8.32. The van der Waals surface area contributed by atoms with Crippen molar-refractivity contribution in [2.24, 2.45) is 5.73 Å². The smallest absolute Gasteiger partial charge is 0.307 e. The maximum atomic E-state index is 12.2. The summed E-state index contributed by atoms with van der Waals surface area (Å²) in [5.41, 5.74) is 6.84. The highest BCUT2D eigenvalue weighted by Gasteiger charge is 2.26. The number of nitrogens with one attached hydrogen (secondary N) is 1. The summed E-state index contributed by atoms with van der Waals surface area (Å²) < 4.78 is 4.68. The van der Waals surface area contributed by atoms with Gasteiger partial charge in [0, 0.05) is 12.1 Å². The fourth-order valence-electron chi connectivity index (χ4n) is 2.44. The Bertz CT molecular complexity index is 507. The normalized spacial score (nSPS) is 14.5. The zero-order valence-electron chi connectivity index (χ0n) is 14.4. The molecule has 1 amide bonds. The Morgan fingerprint density at radius 2 is 1.96 bits per heavy atom. The molecule has 1 aromatic rings. The maximum absolute atomic E-state index is 12.2. The first-order valence-electron chi connectivity index (χ1n) is 8.32. The number of carbonyl (C=O) groups excluding carboxylic acids is 2. The third-order valence-electron chi connectivity index (χ3n) is 3.88. The zero-order chi connectivity index (χ0) is 17.9. The second-order valence-corrected chi connectivity index (χ2v) is 5.93. The summed E-state index contributed by atoms with van der Waals surface area (Å²) >= 11 is 0. The molecule has 4 N–H and O–H groups in total. The SMILES string of the molecule is CCCC[C@H](N)[C@H](O)C(=O)N[C@H](CC(=O)OC)Cc1ccccc1. The van der Waals surface area contributed by atoms with E-state index < -0.39 is 30.1 Å². The number of aliphatic hydroxyl groups excluding tert-OH is 1. The van der Waals surface area contributed by atoms with Crippen LogP contribution < -0.4 is 11.1 Å². The van der Waals surface area contributed by atoms with E-state index in [2.05, 4.69) is 10.1 Å². The van der Waals surface area contributed by atoms with Gasteiger partial charge in [-0.3, -0.25) is 9.59 Å². The Kier molecular flexibility index (Phi) is 9.04. The zero-order valence-corrected chi connectivity index (χ0v) is 14.4. The highest BCUT2D eigenvalue weighted by molar-refractivity contribution is 5.82. The number of carbonyl (C=O) groups is 2. The monoisotopic (exact) mass is 336 g/mol. The molecule has 0 aliphatic rings. The minimum atomic E-state index is -1.28. The number of aliphatic hydroxyl groups is 1. The van der Waals surface area contributed by atoms with Gasteiger partial charge in [-0.25, -0.2) is 0 Å². The third-order valence-corrected chi connectivity index (χ3v) is 3.88. The van der Waals surface area contributed by atoms with Gasteiger partial charge in [-0.1, -0.05) is 50.1 Å². The van der Waals surface area contributed by atoms with E-state index in [-0.39, 0.29) is 6.42 Å². The molecule has 0 heterocycles. The van der Waals surface area contributed by atoms with Gasteiger partial charge in [0.25, 0.3) is 5.91 Å². The molecule has 6 nitrogen and oxygen atoms in total. The summed E-state index contributed by atoms with van der Waals surface area (Å²) in [4.78, 5) is 23.8. The van der Waals surface area contributed by atoms with Gasteiger partial charge in [0.2, 0.25) is 0 Å². The van der Waals surface area contributed by atoms with Crippen molar-refractivity contribution in [1.82, 2.24) is 5.32 Å². The molecule has 3 atom stereocenters. The Labute approximate surface area is 143 Å². The first-order chi connectivity index (χ1) is 11.5. The topological polar surface area (TPSA) is 102 Å². The molecule has 0 bridgehead atoms. The van der Waals surface area contributed by atoms with E-state index >= 15 is 0 Å². The number of hydrogen-bond donors (Lipinski definition) is 3. The van der Waals surface area contributed by atoms with Gasteiger partial charge in [0.1, 0.15) is 6.10 Å². The summed E-state index contributed by atoms with van der Waals surface area (Å²) in [7, 11) is 1.30. The van der Waals surface area contributed by atoms with E-state index in [0.29, 0.717) is 12.8 Å². The van der Waals surface area contributed by atoms with Gasteiger partial charge in [0.05, 0.1) is 13.5 Å². The second kappa shape index (κ2) is 10.8.